The second kappa shape index (κ2) is 8.71. The molecule has 30 heavy (non-hydrogen) atoms. The molecule has 1 aliphatic rings. The number of fused-ring (bicyclic) bond motifs is 1. The summed E-state index contributed by atoms with van der Waals surface area (Å²) in [6, 6.07) is 23.6. The average Bonchev–Trinajstić information content (AvgIpc) is 3.03. The average molecular weight is 400 g/mol. The van der Waals surface area contributed by atoms with Crippen molar-refractivity contribution in [3.8, 4) is 0 Å². The smallest absolute Gasteiger partial charge is 0.274 e. The van der Waals surface area contributed by atoms with Gasteiger partial charge in [-0.2, -0.15) is 0 Å². The number of nitrogens with zero attached hydrogens (tertiary/aromatic N) is 1. The lowest BCUT2D eigenvalue weighted by Crippen LogP contribution is -2.31. The molecule has 4 rings (SSSR count). The van der Waals surface area contributed by atoms with Gasteiger partial charge >= 0.3 is 0 Å². The maximum atomic E-state index is 12.7. The van der Waals surface area contributed by atoms with Crippen molar-refractivity contribution in [1.29, 1.82) is 0 Å². The van der Waals surface area contributed by atoms with E-state index in [0.717, 1.165) is 11.1 Å². The Labute approximate surface area is 174 Å². The van der Waals surface area contributed by atoms with Crippen molar-refractivity contribution in [2.75, 3.05) is 6.54 Å². The van der Waals surface area contributed by atoms with Gasteiger partial charge in [-0.15, -0.1) is 0 Å². The van der Waals surface area contributed by atoms with Gasteiger partial charge in [0.2, 0.25) is 0 Å². The van der Waals surface area contributed by atoms with Crippen LogP contribution in [0.5, 0.6) is 0 Å². The SMILES string of the molecule is O=C(NOCc1ccccc1)c1ccc2c(c1)C(=O)N(CCc1ccccc1)C2=O. The van der Waals surface area contributed by atoms with Crippen LogP contribution in [0, 0.1) is 0 Å². The Morgan fingerprint density at radius 2 is 1.43 bits per heavy atom. The number of carbonyl (C=O) groups is 3. The van der Waals surface area contributed by atoms with Crippen LogP contribution >= 0.6 is 0 Å². The third-order valence-electron chi connectivity index (χ3n) is 4.95. The Morgan fingerprint density at radius 3 is 2.13 bits per heavy atom. The van der Waals surface area contributed by atoms with Gasteiger partial charge in [-0.25, -0.2) is 5.48 Å². The number of carbonyl (C=O) groups excluding carboxylic acids is 3. The summed E-state index contributed by atoms with van der Waals surface area (Å²) in [6.45, 7) is 0.514. The number of benzene rings is 3. The van der Waals surface area contributed by atoms with Crippen molar-refractivity contribution < 1.29 is 19.2 Å². The van der Waals surface area contributed by atoms with E-state index in [1.807, 2.05) is 60.7 Å². The molecule has 0 radical (unpaired) electrons. The maximum Gasteiger partial charge on any atom is 0.274 e. The Morgan fingerprint density at radius 1 is 0.800 bits per heavy atom. The topological polar surface area (TPSA) is 75.7 Å². The number of hydrogen-bond acceptors (Lipinski definition) is 4. The highest BCUT2D eigenvalue weighted by Gasteiger charge is 2.35. The molecule has 0 bridgehead atoms. The van der Waals surface area contributed by atoms with Crippen LogP contribution in [0.3, 0.4) is 0 Å². The lowest BCUT2D eigenvalue weighted by molar-refractivity contribution is 0.0233. The highest BCUT2D eigenvalue weighted by molar-refractivity contribution is 6.22. The van der Waals surface area contributed by atoms with Gasteiger partial charge in [-0.3, -0.25) is 24.1 Å². The van der Waals surface area contributed by atoms with E-state index in [0.29, 0.717) is 12.0 Å². The van der Waals surface area contributed by atoms with E-state index in [4.69, 9.17) is 4.84 Å². The fourth-order valence-electron chi connectivity index (χ4n) is 3.34. The Kier molecular flexibility index (Phi) is 5.68. The van der Waals surface area contributed by atoms with Crippen LogP contribution in [0.25, 0.3) is 0 Å². The predicted octanol–water partition coefficient (Wildman–Crippen LogP) is 3.39. The van der Waals surface area contributed by atoms with Crippen LogP contribution in [0.4, 0.5) is 0 Å². The van der Waals surface area contributed by atoms with Crippen LogP contribution in [-0.4, -0.2) is 29.2 Å². The number of amides is 3. The molecule has 0 unspecified atom stereocenters. The summed E-state index contributed by atoms with van der Waals surface area (Å²) in [5.41, 5.74) is 5.15. The van der Waals surface area contributed by atoms with E-state index in [2.05, 4.69) is 5.48 Å². The molecule has 0 fully saturated rings. The summed E-state index contributed by atoms with van der Waals surface area (Å²) in [7, 11) is 0. The van der Waals surface area contributed by atoms with E-state index in [-0.39, 0.29) is 36.1 Å². The molecule has 0 aromatic heterocycles. The van der Waals surface area contributed by atoms with Crippen molar-refractivity contribution in [2.45, 2.75) is 13.0 Å². The Balaban J connectivity index is 1.40. The minimum Gasteiger partial charge on any atom is -0.274 e. The molecule has 150 valence electrons. The van der Waals surface area contributed by atoms with Gasteiger partial charge in [0.25, 0.3) is 17.7 Å². The molecule has 6 nitrogen and oxygen atoms in total. The van der Waals surface area contributed by atoms with E-state index in [9.17, 15) is 14.4 Å². The summed E-state index contributed by atoms with van der Waals surface area (Å²) in [4.78, 5) is 44.2. The third-order valence-corrected chi connectivity index (χ3v) is 4.95. The standard InChI is InChI=1S/C24H20N2O4/c27-22(25-30-16-18-9-5-2-6-10-18)19-11-12-20-21(15-19)24(29)26(23(20)28)14-13-17-7-3-1-4-8-17/h1-12,15H,13-14,16H2,(H,25,27). The maximum absolute atomic E-state index is 12.7. The fourth-order valence-corrected chi connectivity index (χ4v) is 3.34. The molecule has 6 heteroatoms. The first-order valence-electron chi connectivity index (χ1n) is 9.64. The number of hydroxylamine groups is 1. The monoisotopic (exact) mass is 400 g/mol. The largest absolute Gasteiger partial charge is 0.274 e. The van der Waals surface area contributed by atoms with Crippen LogP contribution in [0.1, 0.15) is 42.2 Å². The molecule has 0 saturated heterocycles. The summed E-state index contributed by atoms with van der Waals surface area (Å²) in [6.07, 6.45) is 0.576. The molecule has 1 N–H and O–H groups in total. The molecule has 0 atom stereocenters. The first-order valence-corrected chi connectivity index (χ1v) is 9.64. The molecule has 1 heterocycles. The highest BCUT2D eigenvalue weighted by Crippen LogP contribution is 2.24. The van der Waals surface area contributed by atoms with Gasteiger partial charge < -0.3 is 0 Å². The summed E-state index contributed by atoms with van der Waals surface area (Å²) in [5, 5.41) is 0. The minimum atomic E-state index is -0.475. The van der Waals surface area contributed by atoms with Crippen LogP contribution in [0.2, 0.25) is 0 Å². The molecule has 0 saturated carbocycles. The minimum absolute atomic E-state index is 0.224. The van der Waals surface area contributed by atoms with Crippen molar-refractivity contribution in [2.24, 2.45) is 0 Å². The van der Waals surface area contributed by atoms with Crippen LogP contribution in [0.15, 0.2) is 78.9 Å². The van der Waals surface area contributed by atoms with Gasteiger partial charge in [0.1, 0.15) is 0 Å². The van der Waals surface area contributed by atoms with Crippen molar-refractivity contribution in [3.05, 3.63) is 107 Å². The summed E-state index contributed by atoms with van der Waals surface area (Å²) < 4.78 is 0. The van der Waals surface area contributed by atoms with Crippen LogP contribution < -0.4 is 5.48 Å². The molecule has 0 aliphatic carbocycles. The van der Waals surface area contributed by atoms with Crippen molar-refractivity contribution in [3.63, 3.8) is 0 Å². The highest BCUT2D eigenvalue weighted by atomic mass is 16.6. The number of nitrogens with one attached hydrogen (secondary N) is 1. The zero-order valence-corrected chi connectivity index (χ0v) is 16.2. The summed E-state index contributed by atoms with van der Waals surface area (Å²) >= 11 is 0. The molecule has 3 amide bonds. The lowest BCUT2D eigenvalue weighted by Gasteiger charge is -2.13. The first-order chi connectivity index (χ1) is 14.6. The van der Waals surface area contributed by atoms with Gasteiger partial charge in [-0.1, -0.05) is 60.7 Å². The number of imide groups is 1. The third kappa shape index (κ3) is 4.14. The molecule has 3 aromatic rings. The summed E-state index contributed by atoms with van der Waals surface area (Å²) in [5.74, 6) is -1.19. The van der Waals surface area contributed by atoms with E-state index in [1.54, 1.807) is 0 Å². The first kappa shape index (κ1) is 19.5. The molecular weight excluding hydrogens is 380 g/mol. The van der Waals surface area contributed by atoms with Gasteiger partial charge in [0.05, 0.1) is 17.7 Å². The normalized spacial score (nSPS) is 12.7. The number of hydrogen-bond donors (Lipinski definition) is 1. The van der Waals surface area contributed by atoms with Gasteiger partial charge in [0, 0.05) is 12.1 Å². The van der Waals surface area contributed by atoms with Crippen molar-refractivity contribution in [1.82, 2.24) is 10.4 Å². The van der Waals surface area contributed by atoms with Crippen molar-refractivity contribution >= 4 is 17.7 Å². The molecule has 1 aliphatic heterocycles. The zero-order chi connectivity index (χ0) is 20.9. The number of rotatable bonds is 7. The predicted molar refractivity (Wildman–Crippen MR) is 111 cm³/mol. The Hall–Kier alpha value is -3.77. The lowest BCUT2D eigenvalue weighted by atomic mass is 10.1. The van der Waals surface area contributed by atoms with E-state index < -0.39 is 5.91 Å². The Bertz CT molecular complexity index is 1080. The van der Waals surface area contributed by atoms with E-state index >= 15 is 0 Å². The van der Waals surface area contributed by atoms with Gasteiger partial charge in [0.15, 0.2) is 0 Å². The molecular formula is C24H20N2O4. The van der Waals surface area contributed by atoms with Gasteiger partial charge in [-0.05, 0) is 35.7 Å². The fraction of sp³-hybridized carbons (Fsp3) is 0.125. The van der Waals surface area contributed by atoms with Crippen LogP contribution in [-0.2, 0) is 17.9 Å². The van der Waals surface area contributed by atoms with E-state index in [1.165, 1.54) is 23.1 Å². The second-order valence-electron chi connectivity index (χ2n) is 6.96. The molecule has 3 aromatic carbocycles. The molecule has 0 spiro atoms. The quantitative estimate of drug-likeness (QED) is 0.487. The zero-order valence-electron chi connectivity index (χ0n) is 16.2. The second-order valence-corrected chi connectivity index (χ2v) is 6.96.